The molecule has 0 aliphatic rings. The van der Waals surface area contributed by atoms with Crippen molar-refractivity contribution in [3.8, 4) is 0 Å². The Morgan fingerprint density at radius 1 is 0.571 bits per heavy atom. The third-order valence-electron chi connectivity index (χ3n) is 1.90. The van der Waals surface area contributed by atoms with Crippen LogP contribution < -0.4 is 0 Å². The summed E-state index contributed by atoms with van der Waals surface area (Å²) in [5.41, 5.74) is 0. The first kappa shape index (κ1) is 23.6. The van der Waals surface area contributed by atoms with Crippen LogP contribution in [0, 0.1) is 0 Å². The van der Waals surface area contributed by atoms with E-state index >= 15 is 0 Å². The van der Waals surface area contributed by atoms with Crippen molar-refractivity contribution < 1.29 is 19.9 Å². The molecule has 0 saturated heterocycles. The average Bonchev–Trinajstić information content (AvgIpc) is 1.86. The Morgan fingerprint density at radius 2 is 0.643 bits per heavy atom. The Morgan fingerprint density at radius 3 is 0.643 bits per heavy atom. The van der Waals surface area contributed by atoms with Gasteiger partial charge >= 0.3 is 0 Å². The second kappa shape index (κ2) is 9.40. The van der Waals surface area contributed by atoms with Crippen LogP contribution in [-0.2, 0) is 0 Å². The summed E-state index contributed by atoms with van der Waals surface area (Å²) in [5, 5.41) is 0. The minimum Gasteiger partial charge on any atom is -0.870 e. The molecule has 0 aromatic rings. The van der Waals surface area contributed by atoms with Crippen LogP contribution in [0.1, 0.15) is 13.8 Å². The summed E-state index contributed by atoms with van der Waals surface area (Å²) in [6.45, 7) is 6.78. The summed E-state index contributed by atoms with van der Waals surface area (Å²) < 4.78 is 2.14. The van der Waals surface area contributed by atoms with Crippen LogP contribution in [0.4, 0.5) is 0 Å². The molecule has 0 unspecified atom stereocenters. The molecule has 14 heavy (non-hydrogen) atoms. The zero-order valence-corrected chi connectivity index (χ0v) is 11.2. The summed E-state index contributed by atoms with van der Waals surface area (Å²) in [4.78, 5) is 0. The van der Waals surface area contributed by atoms with Crippen molar-refractivity contribution in [3.05, 3.63) is 0 Å². The molecular weight excluding hydrogens is 180 g/mol. The maximum Gasteiger partial charge on any atom is 0.0751 e. The van der Waals surface area contributed by atoms with Gasteiger partial charge in [-0.25, -0.2) is 0 Å². The molecule has 0 saturated carbocycles. The smallest absolute Gasteiger partial charge is 0.0751 e. The van der Waals surface area contributed by atoms with E-state index < -0.39 is 0 Å². The third-order valence-corrected chi connectivity index (χ3v) is 1.90. The van der Waals surface area contributed by atoms with Gasteiger partial charge in [0.1, 0.15) is 0 Å². The highest BCUT2D eigenvalue weighted by Crippen LogP contribution is 1.84. The van der Waals surface area contributed by atoms with Crippen LogP contribution in [-0.4, -0.2) is 75.3 Å². The highest BCUT2D eigenvalue weighted by Gasteiger charge is 1.98. The van der Waals surface area contributed by atoms with Crippen LogP contribution in [0.15, 0.2) is 0 Å². The van der Waals surface area contributed by atoms with Gasteiger partial charge in [0.15, 0.2) is 0 Å². The van der Waals surface area contributed by atoms with Gasteiger partial charge in [0.2, 0.25) is 0 Å². The fraction of sp³-hybridized carbons (Fsp3) is 1.00. The zero-order valence-electron chi connectivity index (χ0n) is 11.2. The molecule has 4 nitrogen and oxygen atoms in total. The van der Waals surface area contributed by atoms with Crippen molar-refractivity contribution >= 4 is 0 Å². The predicted molar refractivity (Wildman–Crippen MR) is 61.0 cm³/mol. The number of nitrogens with zero attached hydrogens (tertiary/aromatic N) is 2. The van der Waals surface area contributed by atoms with Crippen molar-refractivity contribution in [2.45, 2.75) is 13.8 Å². The van der Waals surface area contributed by atoms with Crippen molar-refractivity contribution in [2.24, 2.45) is 0 Å². The number of hydrogen-bond acceptors (Lipinski definition) is 2. The van der Waals surface area contributed by atoms with Gasteiger partial charge in [-0.05, 0) is 13.8 Å². The minimum absolute atomic E-state index is 0. The highest BCUT2D eigenvalue weighted by atomic mass is 16.0. The zero-order chi connectivity index (χ0) is 10.4. The molecule has 0 heterocycles. The molecule has 0 rings (SSSR count). The van der Waals surface area contributed by atoms with Gasteiger partial charge in [0.05, 0.1) is 55.4 Å². The van der Waals surface area contributed by atoms with Gasteiger partial charge in [-0.2, -0.15) is 0 Å². The maximum atomic E-state index is 2.18. The first-order chi connectivity index (χ1) is 5.12. The van der Waals surface area contributed by atoms with Crippen molar-refractivity contribution in [3.63, 3.8) is 0 Å². The van der Waals surface area contributed by atoms with Crippen molar-refractivity contribution in [1.29, 1.82) is 0 Å². The number of hydrogen-bond donors (Lipinski definition) is 0. The summed E-state index contributed by atoms with van der Waals surface area (Å²) in [7, 11) is 13.1. The van der Waals surface area contributed by atoms with Gasteiger partial charge in [-0.15, -0.1) is 0 Å². The SMILES string of the molecule is CC[N+](C)(C)C.CC[N+](C)(C)C.[OH-].[OH-]. The normalized spacial score (nSPS) is 10.3. The van der Waals surface area contributed by atoms with Crippen LogP contribution in [0.25, 0.3) is 0 Å². The van der Waals surface area contributed by atoms with E-state index in [4.69, 9.17) is 0 Å². The summed E-state index contributed by atoms with van der Waals surface area (Å²) in [6, 6.07) is 0. The topological polar surface area (TPSA) is 60.0 Å². The molecule has 0 atom stereocenters. The molecule has 2 N–H and O–H groups in total. The monoisotopic (exact) mass is 210 g/mol. The van der Waals surface area contributed by atoms with Crippen molar-refractivity contribution in [2.75, 3.05) is 55.4 Å². The van der Waals surface area contributed by atoms with E-state index in [1.807, 2.05) is 0 Å². The van der Waals surface area contributed by atoms with Crippen LogP contribution in [0.3, 0.4) is 0 Å². The van der Waals surface area contributed by atoms with E-state index in [1.165, 1.54) is 13.1 Å². The van der Waals surface area contributed by atoms with Gasteiger partial charge in [0, 0.05) is 0 Å². The molecule has 0 amide bonds. The molecule has 4 heteroatoms. The Balaban J connectivity index is -0.0000000625. The predicted octanol–water partition coefficient (Wildman–Crippen LogP) is 1.07. The molecule has 0 aromatic carbocycles. The lowest BCUT2D eigenvalue weighted by atomic mass is 10.6. The summed E-state index contributed by atoms with van der Waals surface area (Å²) >= 11 is 0. The number of quaternary nitrogens is 2. The lowest BCUT2D eigenvalue weighted by molar-refractivity contribution is -0.868. The lowest BCUT2D eigenvalue weighted by Gasteiger charge is -2.20. The molecular formula is C10H30N2O2. The summed E-state index contributed by atoms with van der Waals surface area (Å²) in [5.74, 6) is 0. The van der Waals surface area contributed by atoms with E-state index in [0.717, 1.165) is 8.97 Å². The van der Waals surface area contributed by atoms with Gasteiger partial charge < -0.3 is 19.9 Å². The standard InChI is InChI=1S/2C5H14N.2H2O/c2*1-5-6(2,3)4;;/h2*5H2,1-4H3;2*1H2/q2*+1;;/p-2. The second-order valence-corrected chi connectivity index (χ2v) is 5.21. The van der Waals surface area contributed by atoms with E-state index in [9.17, 15) is 0 Å². The molecule has 0 fully saturated rings. The fourth-order valence-electron chi connectivity index (χ4n) is 0. The highest BCUT2D eigenvalue weighted by molar-refractivity contribution is 4.07. The Kier molecular flexibility index (Phi) is 15.8. The molecule has 0 spiro atoms. The van der Waals surface area contributed by atoms with Crippen LogP contribution in [0.5, 0.6) is 0 Å². The lowest BCUT2D eigenvalue weighted by Crippen LogP contribution is -2.33. The second-order valence-electron chi connectivity index (χ2n) is 5.21. The Bertz CT molecular complexity index is 89.7. The molecule has 92 valence electrons. The molecule has 0 aliphatic carbocycles. The van der Waals surface area contributed by atoms with Gasteiger partial charge in [0.25, 0.3) is 0 Å². The van der Waals surface area contributed by atoms with E-state index in [-0.39, 0.29) is 11.0 Å². The van der Waals surface area contributed by atoms with E-state index in [1.54, 1.807) is 0 Å². The van der Waals surface area contributed by atoms with Crippen LogP contribution in [0.2, 0.25) is 0 Å². The quantitative estimate of drug-likeness (QED) is 0.640. The van der Waals surface area contributed by atoms with E-state index in [2.05, 4.69) is 56.1 Å². The maximum absolute atomic E-state index is 2.18. The average molecular weight is 210 g/mol. The van der Waals surface area contributed by atoms with Gasteiger partial charge in [-0.1, -0.05) is 0 Å². The fourth-order valence-corrected chi connectivity index (χ4v) is 0. The molecule has 0 aliphatic heterocycles. The van der Waals surface area contributed by atoms with Crippen LogP contribution >= 0.6 is 0 Å². The minimum atomic E-state index is 0. The Hall–Kier alpha value is -0.160. The summed E-state index contributed by atoms with van der Waals surface area (Å²) in [6.07, 6.45) is 0. The molecule has 0 radical (unpaired) electrons. The van der Waals surface area contributed by atoms with Crippen molar-refractivity contribution in [1.82, 2.24) is 0 Å². The molecule has 0 aromatic heterocycles. The first-order valence-electron chi connectivity index (χ1n) is 4.73. The van der Waals surface area contributed by atoms with Gasteiger partial charge in [-0.3, -0.25) is 0 Å². The Labute approximate surface area is 89.9 Å². The first-order valence-corrected chi connectivity index (χ1v) is 4.73. The largest absolute Gasteiger partial charge is 0.870 e. The molecule has 0 bridgehead atoms. The van der Waals surface area contributed by atoms with E-state index in [0.29, 0.717) is 0 Å². The third kappa shape index (κ3) is 40.8. The number of rotatable bonds is 2.